The van der Waals surface area contributed by atoms with Gasteiger partial charge in [-0.25, -0.2) is 0 Å². The van der Waals surface area contributed by atoms with Crippen LogP contribution in [0.3, 0.4) is 0 Å². The maximum absolute atomic E-state index is 11.3. The van der Waals surface area contributed by atoms with E-state index in [0.717, 1.165) is 17.7 Å². The molecule has 1 aliphatic rings. The Bertz CT molecular complexity index is 323. The Morgan fingerprint density at radius 2 is 2.17 bits per heavy atom. The second kappa shape index (κ2) is 2.47. The van der Waals surface area contributed by atoms with E-state index in [2.05, 4.69) is 18.8 Å². The van der Waals surface area contributed by atoms with E-state index in [1.54, 1.807) is 0 Å². The summed E-state index contributed by atoms with van der Waals surface area (Å²) in [5, 5.41) is 0. The van der Waals surface area contributed by atoms with E-state index >= 15 is 0 Å². The standard InChI is InChI=1S/C10H13NO/c1-6(2)9-5-7-8(11-9)3-4-10(7)12/h5-6,11H,3-4H2,1-2H3. The minimum absolute atomic E-state index is 0.299. The first-order valence-electron chi connectivity index (χ1n) is 4.43. The van der Waals surface area contributed by atoms with Crippen LogP contribution in [0.4, 0.5) is 0 Å². The molecule has 2 heteroatoms. The summed E-state index contributed by atoms with van der Waals surface area (Å²) in [5.41, 5.74) is 3.26. The lowest BCUT2D eigenvalue weighted by Gasteiger charge is -1.99. The number of aromatic nitrogens is 1. The summed E-state index contributed by atoms with van der Waals surface area (Å²) in [6.07, 6.45) is 1.60. The van der Waals surface area contributed by atoms with E-state index in [4.69, 9.17) is 0 Å². The average Bonchev–Trinajstić information content (AvgIpc) is 2.53. The smallest absolute Gasteiger partial charge is 0.165 e. The fourth-order valence-corrected chi connectivity index (χ4v) is 1.65. The van der Waals surface area contributed by atoms with E-state index in [-0.39, 0.29) is 0 Å². The van der Waals surface area contributed by atoms with Gasteiger partial charge in [0.1, 0.15) is 0 Å². The highest BCUT2D eigenvalue weighted by atomic mass is 16.1. The number of H-pyrrole nitrogens is 1. The molecule has 0 aromatic carbocycles. The maximum Gasteiger partial charge on any atom is 0.165 e. The van der Waals surface area contributed by atoms with Crippen LogP contribution < -0.4 is 0 Å². The van der Waals surface area contributed by atoms with Crippen LogP contribution in [0.25, 0.3) is 0 Å². The van der Waals surface area contributed by atoms with Crippen molar-refractivity contribution in [2.24, 2.45) is 0 Å². The molecule has 1 heterocycles. The molecule has 0 aliphatic heterocycles. The molecule has 0 spiro atoms. The molecule has 0 bridgehead atoms. The van der Waals surface area contributed by atoms with Gasteiger partial charge in [0.25, 0.3) is 0 Å². The number of rotatable bonds is 1. The van der Waals surface area contributed by atoms with Crippen molar-refractivity contribution in [1.29, 1.82) is 0 Å². The number of hydrogen-bond acceptors (Lipinski definition) is 1. The number of nitrogens with one attached hydrogen (secondary N) is 1. The van der Waals surface area contributed by atoms with Crippen LogP contribution in [0, 0.1) is 0 Å². The van der Waals surface area contributed by atoms with Crippen LogP contribution in [0.1, 0.15) is 47.9 Å². The minimum Gasteiger partial charge on any atom is -0.361 e. The van der Waals surface area contributed by atoms with E-state index in [0.29, 0.717) is 18.1 Å². The van der Waals surface area contributed by atoms with Gasteiger partial charge in [-0.15, -0.1) is 0 Å². The molecule has 0 unspecified atom stereocenters. The normalized spacial score (nSPS) is 15.8. The molecule has 0 fully saturated rings. The highest BCUT2D eigenvalue weighted by molar-refractivity contribution is 6.00. The molecule has 2 nitrogen and oxygen atoms in total. The van der Waals surface area contributed by atoms with E-state index in [9.17, 15) is 4.79 Å². The predicted octanol–water partition coefficient (Wildman–Crippen LogP) is 2.27. The lowest BCUT2D eigenvalue weighted by molar-refractivity contribution is 0.0994. The minimum atomic E-state index is 0.299. The Morgan fingerprint density at radius 1 is 1.42 bits per heavy atom. The molecule has 1 N–H and O–H groups in total. The third kappa shape index (κ3) is 0.986. The van der Waals surface area contributed by atoms with E-state index in [1.807, 2.05) is 6.07 Å². The Hall–Kier alpha value is -1.05. The van der Waals surface area contributed by atoms with Gasteiger partial charge in [0.05, 0.1) is 0 Å². The van der Waals surface area contributed by atoms with Crippen LogP contribution in [-0.4, -0.2) is 10.8 Å². The van der Waals surface area contributed by atoms with Gasteiger partial charge in [-0.3, -0.25) is 4.79 Å². The largest absolute Gasteiger partial charge is 0.361 e. The van der Waals surface area contributed by atoms with Crippen molar-refractivity contribution in [2.45, 2.75) is 32.6 Å². The van der Waals surface area contributed by atoms with Crippen molar-refractivity contribution in [2.75, 3.05) is 0 Å². The molecule has 0 amide bonds. The Kier molecular flexibility index (Phi) is 1.56. The van der Waals surface area contributed by atoms with Crippen molar-refractivity contribution in [3.63, 3.8) is 0 Å². The number of fused-ring (bicyclic) bond motifs is 1. The topological polar surface area (TPSA) is 32.9 Å². The summed E-state index contributed by atoms with van der Waals surface area (Å²) >= 11 is 0. The predicted molar refractivity (Wildman–Crippen MR) is 47.5 cm³/mol. The molecule has 0 saturated carbocycles. The summed E-state index contributed by atoms with van der Waals surface area (Å²) in [5.74, 6) is 0.788. The lowest BCUT2D eigenvalue weighted by atomic mass is 10.1. The van der Waals surface area contributed by atoms with Crippen LogP contribution in [0.15, 0.2) is 6.07 Å². The monoisotopic (exact) mass is 163 g/mol. The van der Waals surface area contributed by atoms with Crippen LogP contribution in [0.2, 0.25) is 0 Å². The summed E-state index contributed by atoms with van der Waals surface area (Å²) < 4.78 is 0. The molecule has 0 atom stereocenters. The molecule has 1 aliphatic carbocycles. The second-order valence-corrected chi connectivity index (χ2v) is 3.69. The summed E-state index contributed by atoms with van der Waals surface area (Å²) in [7, 11) is 0. The molecular formula is C10H13NO. The first-order valence-corrected chi connectivity index (χ1v) is 4.43. The van der Waals surface area contributed by atoms with Crippen molar-refractivity contribution in [3.05, 3.63) is 23.0 Å². The average molecular weight is 163 g/mol. The van der Waals surface area contributed by atoms with Gasteiger partial charge in [0.2, 0.25) is 0 Å². The molecule has 0 radical (unpaired) electrons. The van der Waals surface area contributed by atoms with E-state index in [1.165, 1.54) is 5.69 Å². The van der Waals surface area contributed by atoms with Crippen molar-refractivity contribution >= 4 is 5.78 Å². The number of carbonyl (C=O) groups is 1. The molecule has 0 saturated heterocycles. The summed E-state index contributed by atoms with van der Waals surface area (Å²) in [6.45, 7) is 4.26. The Labute approximate surface area is 72.0 Å². The third-order valence-corrected chi connectivity index (χ3v) is 2.44. The molecule has 12 heavy (non-hydrogen) atoms. The SMILES string of the molecule is CC(C)c1cc2c([nH]1)CCC2=O. The van der Waals surface area contributed by atoms with Gasteiger partial charge < -0.3 is 4.98 Å². The fourth-order valence-electron chi connectivity index (χ4n) is 1.65. The molecular weight excluding hydrogens is 150 g/mol. The fraction of sp³-hybridized carbons (Fsp3) is 0.500. The molecule has 1 aromatic rings. The van der Waals surface area contributed by atoms with E-state index < -0.39 is 0 Å². The number of carbonyl (C=O) groups excluding carboxylic acids is 1. The zero-order valence-electron chi connectivity index (χ0n) is 7.48. The maximum atomic E-state index is 11.3. The molecule has 64 valence electrons. The first-order chi connectivity index (χ1) is 5.68. The van der Waals surface area contributed by atoms with Gasteiger partial charge in [-0.2, -0.15) is 0 Å². The van der Waals surface area contributed by atoms with Crippen LogP contribution >= 0.6 is 0 Å². The van der Waals surface area contributed by atoms with Gasteiger partial charge in [0.15, 0.2) is 5.78 Å². The highest BCUT2D eigenvalue weighted by Crippen LogP contribution is 2.25. The number of hydrogen-bond donors (Lipinski definition) is 1. The Morgan fingerprint density at radius 3 is 2.75 bits per heavy atom. The van der Waals surface area contributed by atoms with Gasteiger partial charge in [0, 0.05) is 23.4 Å². The van der Waals surface area contributed by atoms with Crippen molar-refractivity contribution in [3.8, 4) is 0 Å². The van der Waals surface area contributed by atoms with Gasteiger partial charge in [-0.1, -0.05) is 13.8 Å². The van der Waals surface area contributed by atoms with Crippen LogP contribution in [-0.2, 0) is 6.42 Å². The van der Waals surface area contributed by atoms with Crippen molar-refractivity contribution < 1.29 is 4.79 Å². The highest BCUT2D eigenvalue weighted by Gasteiger charge is 2.22. The quantitative estimate of drug-likeness (QED) is 0.676. The summed E-state index contributed by atoms with van der Waals surface area (Å²) in [6, 6.07) is 2.01. The number of ketones is 1. The second-order valence-electron chi connectivity index (χ2n) is 3.69. The van der Waals surface area contributed by atoms with Crippen molar-refractivity contribution in [1.82, 2.24) is 4.98 Å². The van der Waals surface area contributed by atoms with Crippen LogP contribution in [0.5, 0.6) is 0 Å². The molecule has 2 rings (SSSR count). The zero-order chi connectivity index (χ0) is 8.72. The lowest BCUT2D eigenvalue weighted by Crippen LogP contribution is -1.91. The van der Waals surface area contributed by atoms with Gasteiger partial charge >= 0.3 is 0 Å². The zero-order valence-corrected chi connectivity index (χ0v) is 7.48. The summed E-state index contributed by atoms with van der Waals surface area (Å²) in [4.78, 5) is 14.6. The number of Topliss-reactive ketones (excluding diaryl/α,β-unsaturated/α-hetero) is 1. The Balaban J connectivity index is 2.43. The molecule has 1 aromatic heterocycles. The first kappa shape index (κ1) is 7.59. The number of aromatic amines is 1. The number of aryl methyl sites for hydroxylation is 1. The van der Waals surface area contributed by atoms with Gasteiger partial charge in [-0.05, 0) is 18.4 Å². The third-order valence-electron chi connectivity index (χ3n) is 2.44.